The summed E-state index contributed by atoms with van der Waals surface area (Å²) in [6, 6.07) is 2.58. The number of nitrogens with zero attached hydrogens (tertiary/aromatic N) is 2. The predicted molar refractivity (Wildman–Crippen MR) is 141 cm³/mol. The van der Waals surface area contributed by atoms with E-state index >= 15 is 4.39 Å². The van der Waals surface area contributed by atoms with Crippen LogP contribution in [0.2, 0.25) is 0 Å². The maximum Gasteiger partial charge on any atom is 0.228 e. The normalized spacial score (nSPS) is 17.2. The Hall–Kier alpha value is -3.66. The van der Waals surface area contributed by atoms with Crippen LogP contribution in [-0.2, 0) is 26.6 Å². The van der Waals surface area contributed by atoms with E-state index < -0.39 is 15.7 Å². The number of dihydropyridines is 1. The van der Waals surface area contributed by atoms with Crippen LogP contribution in [0.4, 0.5) is 10.1 Å². The summed E-state index contributed by atoms with van der Waals surface area (Å²) in [6.07, 6.45) is 11.4. The van der Waals surface area contributed by atoms with Crippen LogP contribution >= 0.6 is 0 Å². The van der Waals surface area contributed by atoms with Crippen LogP contribution in [0.1, 0.15) is 38.8 Å². The number of sulfone groups is 1. The first kappa shape index (κ1) is 26.4. The Morgan fingerprint density at radius 3 is 2.70 bits per heavy atom. The van der Waals surface area contributed by atoms with Gasteiger partial charge in [-0.2, -0.15) is 5.10 Å². The van der Waals surface area contributed by atoms with E-state index in [0.717, 1.165) is 0 Å². The van der Waals surface area contributed by atoms with E-state index in [2.05, 4.69) is 15.7 Å². The van der Waals surface area contributed by atoms with Crippen molar-refractivity contribution in [3.8, 4) is 5.75 Å². The Bertz CT molecular complexity index is 1460. The van der Waals surface area contributed by atoms with Crippen LogP contribution in [0.5, 0.6) is 5.75 Å². The van der Waals surface area contributed by atoms with Gasteiger partial charge in [-0.15, -0.1) is 0 Å². The number of aromatic nitrogens is 2. The summed E-state index contributed by atoms with van der Waals surface area (Å²) in [5, 5.41) is 10.2. The summed E-state index contributed by atoms with van der Waals surface area (Å²) in [5.74, 6) is -0.254. The predicted octanol–water partition coefficient (Wildman–Crippen LogP) is 4.27. The second kappa shape index (κ2) is 10.0. The molecule has 1 aromatic heterocycles. The van der Waals surface area contributed by atoms with E-state index in [0.29, 0.717) is 22.6 Å². The summed E-state index contributed by atoms with van der Waals surface area (Å²) in [6.45, 7) is 9.35. The number of carbonyl (C=O) groups excluding carboxylic acids is 1. The first-order valence-corrected chi connectivity index (χ1v) is 13.6. The number of benzene rings is 1. The molecule has 1 atom stereocenters. The Morgan fingerprint density at radius 1 is 1.27 bits per heavy atom. The number of nitrogens with one attached hydrogen (secondary N) is 2. The van der Waals surface area contributed by atoms with Gasteiger partial charge in [0.2, 0.25) is 5.91 Å². The van der Waals surface area contributed by atoms with Gasteiger partial charge in [-0.3, -0.25) is 9.48 Å². The van der Waals surface area contributed by atoms with E-state index in [4.69, 9.17) is 4.74 Å². The summed E-state index contributed by atoms with van der Waals surface area (Å²) >= 11 is 0. The van der Waals surface area contributed by atoms with Crippen molar-refractivity contribution in [3.63, 3.8) is 0 Å². The first-order chi connectivity index (χ1) is 17.4. The Morgan fingerprint density at radius 2 is 2.03 bits per heavy atom. The zero-order valence-electron chi connectivity index (χ0n) is 21.5. The smallest absolute Gasteiger partial charge is 0.228 e. The van der Waals surface area contributed by atoms with Crippen LogP contribution in [0, 0.1) is 12.7 Å². The zero-order valence-corrected chi connectivity index (χ0v) is 22.3. The standard InChI is InChI=1S/C27H31FN4O4S/c1-6-37(34,35)20-7-8-23-21(13-20)24(9-10-29-23)36-25-14-22(28)18(11-17(25)2)12-26(33)31-19-15-30-32(16-19)27(3,4)5/h7-11,13-16,23,29H,6,12H2,1-5H3,(H,31,33). The maximum atomic E-state index is 15.0. The SMILES string of the molecule is CCS(=O)(=O)C1=CC2=C(Oc3cc(F)c(CC(=O)Nc4cnn(C(C)(C)C)c4)cc3C)C=CNC2C=C1. The minimum atomic E-state index is -3.40. The van der Waals surface area contributed by atoms with Crippen LogP contribution in [0.15, 0.2) is 71.3 Å². The molecule has 2 aromatic rings. The quantitative estimate of drug-likeness (QED) is 0.559. The van der Waals surface area contributed by atoms with Gasteiger partial charge in [-0.25, -0.2) is 12.8 Å². The molecular formula is C27H31FN4O4S. The third kappa shape index (κ3) is 5.85. The molecule has 1 aliphatic carbocycles. The summed E-state index contributed by atoms with van der Waals surface area (Å²) in [5.41, 5.74) is 1.82. The molecule has 0 radical (unpaired) electrons. The van der Waals surface area contributed by atoms with Gasteiger partial charge in [0, 0.05) is 24.0 Å². The number of halogens is 1. The van der Waals surface area contributed by atoms with Crippen molar-refractivity contribution < 1.29 is 22.3 Å². The Balaban J connectivity index is 1.53. The van der Waals surface area contributed by atoms with Gasteiger partial charge in [0.1, 0.15) is 17.3 Å². The first-order valence-electron chi connectivity index (χ1n) is 12.0. The molecule has 0 fully saturated rings. The van der Waals surface area contributed by atoms with Gasteiger partial charge in [0.25, 0.3) is 0 Å². The lowest BCUT2D eigenvalue weighted by molar-refractivity contribution is -0.115. The van der Waals surface area contributed by atoms with Crippen LogP contribution in [0.25, 0.3) is 0 Å². The number of rotatable bonds is 7. The number of hydrogen-bond donors (Lipinski definition) is 2. The lowest BCUT2D eigenvalue weighted by atomic mass is 9.98. The molecule has 196 valence electrons. The molecule has 2 aliphatic rings. The molecule has 37 heavy (non-hydrogen) atoms. The average Bonchev–Trinajstić information content (AvgIpc) is 3.31. The lowest BCUT2D eigenvalue weighted by Gasteiger charge is -2.26. The minimum Gasteiger partial charge on any atom is -0.457 e. The highest BCUT2D eigenvalue weighted by atomic mass is 32.2. The molecule has 1 aromatic carbocycles. The number of carbonyl (C=O) groups is 1. The second-order valence-corrected chi connectivity index (χ2v) is 12.3. The van der Waals surface area contributed by atoms with E-state index in [9.17, 15) is 13.2 Å². The fourth-order valence-electron chi connectivity index (χ4n) is 3.95. The third-order valence-corrected chi connectivity index (χ3v) is 7.82. The van der Waals surface area contributed by atoms with Gasteiger partial charge in [0.05, 0.1) is 40.5 Å². The summed E-state index contributed by atoms with van der Waals surface area (Å²) < 4.78 is 47.5. The van der Waals surface area contributed by atoms with Crippen LogP contribution in [0.3, 0.4) is 0 Å². The monoisotopic (exact) mass is 526 g/mol. The van der Waals surface area contributed by atoms with Crippen molar-refractivity contribution in [2.75, 3.05) is 11.1 Å². The largest absolute Gasteiger partial charge is 0.457 e. The van der Waals surface area contributed by atoms with Gasteiger partial charge in [-0.1, -0.05) is 13.0 Å². The molecule has 2 heterocycles. The van der Waals surface area contributed by atoms with Gasteiger partial charge in [0.15, 0.2) is 9.84 Å². The third-order valence-electron chi connectivity index (χ3n) is 6.09. The molecule has 8 nitrogen and oxygen atoms in total. The van der Waals surface area contributed by atoms with Crippen LogP contribution in [-0.4, -0.2) is 35.9 Å². The highest BCUT2D eigenvalue weighted by Gasteiger charge is 2.25. The Kier molecular flexibility index (Phi) is 7.14. The number of allylic oxidation sites excluding steroid dienone is 2. The van der Waals surface area contributed by atoms with Gasteiger partial charge in [-0.05, 0) is 63.1 Å². The number of fused-ring (bicyclic) bond motifs is 1. The highest BCUT2D eigenvalue weighted by molar-refractivity contribution is 7.95. The van der Waals surface area contributed by atoms with Crippen LogP contribution < -0.4 is 15.4 Å². The van der Waals surface area contributed by atoms with Crippen molar-refractivity contribution in [1.29, 1.82) is 0 Å². The highest BCUT2D eigenvalue weighted by Crippen LogP contribution is 2.31. The van der Waals surface area contributed by atoms with Crippen molar-refractivity contribution in [1.82, 2.24) is 15.1 Å². The summed E-state index contributed by atoms with van der Waals surface area (Å²) in [4.78, 5) is 12.8. The number of anilines is 1. The lowest BCUT2D eigenvalue weighted by Crippen LogP contribution is -2.30. The van der Waals surface area contributed by atoms with E-state index in [-0.39, 0.29) is 45.9 Å². The molecule has 1 aliphatic heterocycles. The fraction of sp³-hybridized carbons (Fsp3) is 0.333. The fourth-order valence-corrected chi connectivity index (χ4v) is 4.88. The van der Waals surface area contributed by atoms with Crippen molar-refractivity contribution in [3.05, 3.63) is 88.2 Å². The van der Waals surface area contributed by atoms with Crippen molar-refractivity contribution in [2.24, 2.45) is 0 Å². The number of amides is 1. The average molecular weight is 527 g/mol. The molecule has 2 N–H and O–H groups in total. The molecule has 0 bridgehead atoms. The molecule has 0 saturated heterocycles. The van der Waals surface area contributed by atoms with Crippen molar-refractivity contribution >= 4 is 21.4 Å². The molecule has 1 unspecified atom stereocenters. The molecular weight excluding hydrogens is 495 g/mol. The van der Waals surface area contributed by atoms with E-state index in [1.165, 1.54) is 6.07 Å². The molecule has 0 spiro atoms. The molecule has 4 rings (SSSR count). The number of hydrogen-bond acceptors (Lipinski definition) is 6. The number of ether oxygens (including phenoxy) is 1. The molecule has 1 amide bonds. The zero-order chi connectivity index (χ0) is 27.0. The van der Waals surface area contributed by atoms with Gasteiger partial charge < -0.3 is 15.4 Å². The summed E-state index contributed by atoms with van der Waals surface area (Å²) in [7, 11) is -3.40. The van der Waals surface area contributed by atoms with Gasteiger partial charge >= 0.3 is 0 Å². The second-order valence-electron chi connectivity index (χ2n) is 9.99. The molecule has 0 saturated carbocycles. The maximum absolute atomic E-state index is 15.0. The van der Waals surface area contributed by atoms with E-state index in [1.807, 2.05) is 20.8 Å². The van der Waals surface area contributed by atoms with Crippen molar-refractivity contribution in [2.45, 2.75) is 52.6 Å². The Labute approximate surface area is 216 Å². The number of aryl methyl sites for hydroxylation is 1. The van der Waals surface area contributed by atoms with E-state index in [1.54, 1.807) is 67.5 Å². The minimum absolute atomic E-state index is 0.0150. The molecule has 10 heteroatoms. The topological polar surface area (TPSA) is 102 Å².